The van der Waals surface area contributed by atoms with Crippen LogP contribution in [0.2, 0.25) is 5.15 Å². The number of nitrogens with one attached hydrogen (secondary N) is 2. The van der Waals surface area contributed by atoms with Gasteiger partial charge in [0.2, 0.25) is 0 Å². The van der Waals surface area contributed by atoms with Crippen LogP contribution in [0.4, 0.5) is 5.82 Å². The Labute approximate surface area is 112 Å². The van der Waals surface area contributed by atoms with Crippen molar-refractivity contribution in [1.82, 2.24) is 19.7 Å². The van der Waals surface area contributed by atoms with Gasteiger partial charge in [-0.15, -0.1) is 0 Å². The van der Waals surface area contributed by atoms with E-state index in [1.807, 2.05) is 19.3 Å². The van der Waals surface area contributed by atoms with Crippen molar-refractivity contribution in [2.45, 2.75) is 32.7 Å². The molecule has 18 heavy (non-hydrogen) atoms. The van der Waals surface area contributed by atoms with Crippen molar-refractivity contribution < 1.29 is 0 Å². The van der Waals surface area contributed by atoms with Crippen LogP contribution in [0, 0.1) is 0 Å². The number of aromatic amines is 1. The van der Waals surface area contributed by atoms with E-state index in [2.05, 4.69) is 27.3 Å². The van der Waals surface area contributed by atoms with Crippen LogP contribution in [0.25, 0.3) is 0 Å². The number of nitrogens with zero attached hydrogens (tertiary/aromatic N) is 3. The van der Waals surface area contributed by atoms with E-state index in [0.29, 0.717) is 11.7 Å². The fraction of sp³-hybridized carbons (Fsp3) is 0.500. The second-order valence-corrected chi connectivity index (χ2v) is 4.64. The van der Waals surface area contributed by atoms with Crippen LogP contribution in [0.5, 0.6) is 0 Å². The van der Waals surface area contributed by atoms with Crippen molar-refractivity contribution in [3.05, 3.63) is 28.9 Å². The minimum Gasteiger partial charge on any atom is -0.363 e. The highest BCUT2D eigenvalue weighted by Crippen LogP contribution is 2.15. The summed E-state index contributed by atoms with van der Waals surface area (Å²) in [6, 6.07) is 1.92. The van der Waals surface area contributed by atoms with Crippen LogP contribution < -0.4 is 5.32 Å². The molecule has 2 aromatic rings. The number of hydrogen-bond donors (Lipinski definition) is 2. The topological polar surface area (TPSA) is 58.5 Å². The molecule has 0 saturated heterocycles. The molecule has 2 N–H and O–H groups in total. The quantitative estimate of drug-likeness (QED) is 0.846. The van der Waals surface area contributed by atoms with Gasteiger partial charge in [0.25, 0.3) is 0 Å². The van der Waals surface area contributed by atoms with E-state index in [1.54, 1.807) is 4.68 Å². The van der Waals surface area contributed by atoms with E-state index in [-0.39, 0.29) is 0 Å². The number of hydrogen-bond acceptors (Lipinski definition) is 3. The number of halogens is 1. The predicted octanol–water partition coefficient (Wildman–Crippen LogP) is 2.75. The largest absolute Gasteiger partial charge is 0.363 e. The normalized spacial score (nSPS) is 10.8. The first-order chi connectivity index (χ1) is 8.69. The lowest BCUT2D eigenvalue weighted by Crippen LogP contribution is -2.02. The van der Waals surface area contributed by atoms with Gasteiger partial charge in [0.1, 0.15) is 11.6 Å². The van der Waals surface area contributed by atoms with Crippen molar-refractivity contribution in [2.75, 3.05) is 5.32 Å². The Kier molecular flexibility index (Phi) is 4.25. The van der Waals surface area contributed by atoms with Crippen LogP contribution in [0.15, 0.2) is 12.3 Å². The Morgan fingerprint density at radius 1 is 1.50 bits per heavy atom. The molecular weight excluding hydrogens is 250 g/mol. The molecular formula is C12H18ClN5. The monoisotopic (exact) mass is 267 g/mol. The van der Waals surface area contributed by atoms with Gasteiger partial charge in [-0.05, 0) is 6.42 Å². The Hall–Kier alpha value is -1.49. The molecule has 0 unspecified atom stereocenters. The Bertz CT molecular complexity index is 502. The third-order valence-electron chi connectivity index (χ3n) is 2.70. The second kappa shape index (κ2) is 5.91. The number of imidazole rings is 1. The van der Waals surface area contributed by atoms with E-state index in [4.69, 9.17) is 11.6 Å². The van der Waals surface area contributed by atoms with Crippen molar-refractivity contribution in [1.29, 1.82) is 0 Å². The van der Waals surface area contributed by atoms with E-state index in [9.17, 15) is 0 Å². The summed E-state index contributed by atoms with van der Waals surface area (Å²) in [5.74, 6) is 1.79. The zero-order chi connectivity index (χ0) is 13.0. The molecule has 5 nitrogen and oxygen atoms in total. The smallest absolute Gasteiger partial charge is 0.152 e. The molecule has 0 spiro atoms. The van der Waals surface area contributed by atoms with Crippen LogP contribution in [0.3, 0.4) is 0 Å². The first-order valence-electron chi connectivity index (χ1n) is 6.15. The minimum atomic E-state index is 0.546. The van der Waals surface area contributed by atoms with E-state index < -0.39 is 0 Å². The van der Waals surface area contributed by atoms with Crippen LogP contribution >= 0.6 is 11.6 Å². The maximum atomic E-state index is 6.09. The molecule has 0 saturated carbocycles. The molecule has 2 heterocycles. The number of H-pyrrole nitrogens is 1. The number of aromatic nitrogens is 4. The average molecular weight is 268 g/mol. The van der Waals surface area contributed by atoms with E-state index >= 15 is 0 Å². The molecule has 0 atom stereocenters. The summed E-state index contributed by atoms with van der Waals surface area (Å²) >= 11 is 6.09. The molecule has 0 aliphatic heterocycles. The first-order valence-corrected chi connectivity index (χ1v) is 6.53. The predicted molar refractivity (Wildman–Crippen MR) is 72.7 cm³/mol. The summed E-state index contributed by atoms with van der Waals surface area (Å²) in [6.07, 6.45) is 5.11. The van der Waals surface area contributed by atoms with Gasteiger partial charge in [0, 0.05) is 25.7 Å². The molecule has 0 radical (unpaired) electrons. The van der Waals surface area contributed by atoms with Gasteiger partial charge in [-0.1, -0.05) is 24.9 Å². The Balaban J connectivity index is 1.94. The molecule has 98 valence electrons. The number of anilines is 1. The second-order valence-electron chi connectivity index (χ2n) is 4.28. The van der Waals surface area contributed by atoms with Gasteiger partial charge >= 0.3 is 0 Å². The maximum absolute atomic E-state index is 6.09. The Morgan fingerprint density at radius 3 is 3.00 bits per heavy atom. The maximum Gasteiger partial charge on any atom is 0.152 e. The summed E-state index contributed by atoms with van der Waals surface area (Å²) in [6.45, 7) is 2.77. The summed E-state index contributed by atoms with van der Waals surface area (Å²) < 4.78 is 1.75. The lowest BCUT2D eigenvalue weighted by atomic mass is 10.2. The van der Waals surface area contributed by atoms with Crippen molar-refractivity contribution in [3.8, 4) is 0 Å². The lowest BCUT2D eigenvalue weighted by molar-refractivity contribution is 0.759. The van der Waals surface area contributed by atoms with Gasteiger partial charge in [-0.2, -0.15) is 5.10 Å². The summed E-state index contributed by atoms with van der Waals surface area (Å²) in [5, 5.41) is 7.99. The highest BCUT2D eigenvalue weighted by atomic mass is 35.5. The average Bonchev–Trinajstić information content (AvgIpc) is 2.90. The third kappa shape index (κ3) is 3.26. The molecule has 0 bridgehead atoms. The fourth-order valence-corrected chi connectivity index (χ4v) is 1.92. The molecule has 2 aromatic heterocycles. The SMILES string of the molecule is CCCCc1nc(Cl)c(CNc2ccn(C)n2)[nH]1. The zero-order valence-corrected chi connectivity index (χ0v) is 11.5. The highest BCUT2D eigenvalue weighted by molar-refractivity contribution is 6.30. The van der Waals surface area contributed by atoms with E-state index in [0.717, 1.165) is 36.6 Å². The number of aryl methyl sites for hydroxylation is 2. The molecule has 2 rings (SSSR count). The van der Waals surface area contributed by atoms with Gasteiger partial charge in [-0.3, -0.25) is 4.68 Å². The molecule has 0 aliphatic rings. The zero-order valence-electron chi connectivity index (χ0n) is 10.7. The molecule has 0 fully saturated rings. The lowest BCUT2D eigenvalue weighted by Gasteiger charge is -2.00. The standard InChI is InChI=1S/C12H18ClN5/c1-3-4-5-11-15-9(12(13)16-11)8-14-10-6-7-18(2)17-10/h6-7H,3-5,8H2,1-2H3,(H,14,17)(H,15,16). The number of unbranched alkanes of at least 4 members (excludes halogenated alkanes) is 1. The van der Waals surface area contributed by atoms with Crippen molar-refractivity contribution >= 4 is 17.4 Å². The van der Waals surface area contributed by atoms with Crippen molar-refractivity contribution in [2.24, 2.45) is 7.05 Å². The third-order valence-corrected chi connectivity index (χ3v) is 3.02. The van der Waals surface area contributed by atoms with E-state index in [1.165, 1.54) is 0 Å². The molecule has 0 aliphatic carbocycles. The Morgan fingerprint density at radius 2 is 2.33 bits per heavy atom. The van der Waals surface area contributed by atoms with Crippen LogP contribution in [-0.4, -0.2) is 19.7 Å². The van der Waals surface area contributed by atoms with Gasteiger partial charge in [0.05, 0.1) is 12.2 Å². The summed E-state index contributed by atoms with van der Waals surface area (Å²) in [5.41, 5.74) is 0.911. The summed E-state index contributed by atoms with van der Waals surface area (Å²) in [4.78, 5) is 7.56. The van der Waals surface area contributed by atoms with Gasteiger partial charge < -0.3 is 10.3 Å². The molecule has 0 aromatic carbocycles. The molecule has 0 amide bonds. The highest BCUT2D eigenvalue weighted by Gasteiger charge is 2.08. The van der Waals surface area contributed by atoms with Crippen LogP contribution in [-0.2, 0) is 20.0 Å². The molecule has 6 heteroatoms. The number of rotatable bonds is 6. The first kappa shape index (κ1) is 13.0. The fourth-order valence-electron chi connectivity index (χ4n) is 1.71. The summed E-state index contributed by atoms with van der Waals surface area (Å²) in [7, 11) is 1.89. The van der Waals surface area contributed by atoms with Crippen molar-refractivity contribution in [3.63, 3.8) is 0 Å². The van der Waals surface area contributed by atoms with Gasteiger partial charge in [-0.25, -0.2) is 4.98 Å². The van der Waals surface area contributed by atoms with Gasteiger partial charge in [0.15, 0.2) is 5.15 Å². The van der Waals surface area contributed by atoms with Crippen LogP contribution in [0.1, 0.15) is 31.3 Å². The minimum absolute atomic E-state index is 0.546.